The molecule has 4 aliphatic rings. The summed E-state index contributed by atoms with van der Waals surface area (Å²) in [6, 6.07) is 1.59. The van der Waals surface area contributed by atoms with Crippen LogP contribution in [-0.4, -0.2) is 86.7 Å². The number of fused-ring (bicyclic) bond motifs is 3. The second kappa shape index (κ2) is 12.7. The number of aliphatic carboxylic acids is 1. The molecule has 0 radical (unpaired) electrons. The third-order valence-electron chi connectivity index (χ3n) is 8.88. The molecule has 256 valence electrons. The summed E-state index contributed by atoms with van der Waals surface area (Å²) in [6.45, 7) is 4.45. The molecule has 4 amide bonds. The maximum absolute atomic E-state index is 14.9. The molecule has 12 nitrogen and oxygen atoms in total. The lowest BCUT2D eigenvalue weighted by Gasteiger charge is -2.30. The van der Waals surface area contributed by atoms with Gasteiger partial charge in [-0.25, -0.2) is 27.6 Å². The summed E-state index contributed by atoms with van der Waals surface area (Å²) in [5, 5.41) is 14.9. The molecule has 15 heteroatoms. The molecule has 3 heterocycles. The van der Waals surface area contributed by atoms with Gasteiger partial charge < -0.3 is 30.1 Å². The highest BCUT2D eigenvalue weighted by molar-refractivity contribution is 5.96. The molecule has 1 aromatic rings. The van der Waals surface area contributed by atoms with Crippen LogP contribution in [0.4, 0.5) is 22.8 Å². The molecule has 0 aromatic heterocycles. The predicted octanol–water partition coefficient (Wildman–Crippen LogP) is 3.87. The molecule has 1 aromatic carbocycles. The van der Waals surface area contributed by atoms with Crippen LogP contribution in [0.25, 0.3) is 0 Å². The van der Waals surface area contributed by atoms with E-state index in [4.69, 9.17) is 9.47 Å². The topological polar surface area (TPSA) is 155 Å². The average Bonchev–Trinajstić information content (AvgIpc) is 3.28. The van der Waals surface area contributed by atoms with Crippen molar-refractivity contribution < 1.29 is 51.7 Å². The third-order valence-corrected chi connectivity index (χ3v) is 8.88. The molecule has 3 N–H and O–H groups in total. The van der Waals surface area contributed by atoms with Crippen molar-refractivity contribution in [3.8, 4) is 0 Å². The zero-order valence-electron chi connectivity index (χ0n) is 26.4. The number of alkyl carbamates (subject to hydrolysis) is 1. The van der Waals surface area contributed by atoms with E-state index in [1.807, 2.05) is 0 Å². The van der Waals surface area contributed by atoms with E-state index < -0.39 is 96.2 Å². The quantitative estimate of drug-likeness (QED) is 0.412. The van der Waals surface area contributed by atoms with Crippen LogP contribution in [0.15, 0.2) is 30.4 Å². The van der Waals surface area contributed by atoms with E-state index in [-0.39, 0.29) is 38.9 Å². The number of alkyl halides is 2. The highest BCUT2D eigenvalue weighted by Gasteiger charge is 2.61. The van der Waals surface area contributed by atoms with Crippen molar-refractivity contribution in [3.05, 3.63) is 47.3 Å². The first-order valence-corrected chi connectivity index (χ1v) is 15.6. The van der Waals surface area contributed by atoms with Crippen molar-refractivity contribution in [2.45, 2.75) is 108 Å². The standard InChI is InChI=1S/C32H39F3N4O8/c1-30(2,3)47-28(44)36-23-10-12-31(34,35)11-5-4-8-19-14-32(19,27(42)43)37-25(40)24-13-20(16-39(24)26(23)41)46-29(45)38-15-18-7-6-9-22(33)21(18)17-38/h4,6-9,19-20,23-24H,5,10-17H2,1-3H3,(H,36,44)(H,37,40)(H,42,43)/b8-4-/t19-,20+,23-,24-,32+/m0/s1. The van der Waals surface area contributed by atoms with Gasteiger partial charge in [0.05, 0.1) is 13.1 Å². The van der Waals surface area contributed by atoms with E-state index in [0.29, 0.717) is 11.1 Å². The van der Waals surface area contributed by atoms with Crippen LogP contribution in [0.5, 0.6) is 0 Å². The minimum Gasteiger partial charge on any atom is -0.479 e. The summed E-state index contributed by atoms with van der Waals surface area (Å²) in [5.41, 5.74) is -1.71. The lowest BCUT2D eigenvalue weighted by atomic mass is 10.0. The molecule has 1 aliphatic carbocycles. The fourth-order valence-corrected chi connectivity index (χ4v) is 6.31. The molecule has 0 bridgehead atoms. The van der Waals surface area contributed by atoms with Crippen LogP contribution in [0.1, 0.15) is 70.4 Å². The minimum absolute atomic E-state index is 0.0228. The van der Waals surface area contributed by atoms with Crippen LogP contribution in [0, 0.1) is 11.7 Å². The van der Waals surface area contributed by atoms with Crippen LogP contribution < -0.4 is 10.6 Å². The number of rotatable bonds is 3. The van der Waals surface area contributed by atoms with Gasteiger partial charge in [-0.3, -0.25) is 14.5 Å². The number of nitrogens with zero attached hydrogens (tertiary/aromatic N) is 2. The number of hydrogen-bond acceptors (Lipinski definition) is 7. The number of carbonyl (C=O) groups is 5. The molecule has 2 fully saturated rings. The zero-order valence-corrected chi connectivity index (χ0v) is 26.4. The Bertz CT molecular complexity index is 1480. The van der Waals surface area contributed by atoms with E-state index in [1.54, 1.807) is 26.8 Å². The molecule has 0 spiro atoms. The number of amides is 4. The summed E-state index contributed by atoms with van der Waals surface area (Å²) in [5.74, 6) is -7.40. The van der Waals surface area contributed by atoms with Crippen molar-refractivity contribution in [2.24, 2.45) is 5.92 Å². The van der Waals surface area contributed by atoms with Crippen molar-refractivity contribution in [3.63, 3.8) is 0 Å². The van der Waals surface area contributed by atoms with Gasteiger partial charge in [-0.15, -0.1) is 0 Å². The van der Waals surface area contributed by atoms with E-state index in [1.165, 1.54) is 29.2 Å². The van der Waals surface area contributed by atoms with Crippen LogP contribution in [-0.2, 0) is 36.9 Å². The van der Waals surface area contributed by atoms with Gasteiger partial charge in [-0.05, 0) is 51.7 Å². The summed E-state index contributed by atoms with van der Waals surface area (Å²) < 4.78 is 55.1. The Kier molecular flexibility index (Phi) is 9.21. The van der Waals surface area contributed by atoms with Gasteiger partial charge >= 0.3 is 18.2 Å². The second-order valence-electron chi connectivity index (χ2n) is 13.6. The molecule has 5 atom stereocenters. The number of ether oxygens (including phenoxy) is 2. The van der Waals surface area contributed by atoms with Crippen LogP contribution >= 0.6 is 0 Å². The Hall–Kier alpha value is -4.30. The Morgan fingerprint density at radius 1 is 1.13 bits per heavy atom. The van der Waals surface area contributed by atoms with Crippen molar-refractivity contribution in [1.82, 2.24) is 20.4 Å². The number of hydrogen-bond donors (Lipinski definition) is 3. The number of allylic oxidation sites excluding steroid dienone is 1. The number of benzene rings is 1. The summed E-state index contributed by atoms with van der Waals surface area (Å²) in [6.07, 6.45) is -2.09. The summed E-state index contributed by atoms with van der Waals surface area (Å²) in [4.78, 5) is 68.1. The summed E-state index contributed by atoms with van der Waals surface area (Å²) >= 11 is 0. The first kappa shape index (κ1) is 34.0. The van der Waals surface area contributed by atoms with Gasteiger partial charge in [0.1, 0.15) is 35.1 Å². The monoisotopic (exact) mass is 664 g/mol. The van der Waals surface area contributed by atoms with Gasteiger partial charge in [-0.2, -0.15) is 0 Å². The lowest BCUT2D eigenvalue weighted by Crippen LogP contribution is -2.56. The lowest BCUT2D eigenvalue weighted by molar-refractivity contribution is -0.145. The fraction of sp³-hybridized carbons (Fsp3) is 0.594. The van der Waals surface area contributed by atoms with E-state index in [9.17, 15) is 42.3 Å². The Balaban J connectivity index is 1.40. The largest absolute Gasteiger partial charge is 0.479 e. The predicted molar refractivity (Wildman–Crippen MR) is 158 cm³/mol. The highest BCUT2D eigenvalue weighted by atomic mass is 19.3. The van der Waals surface area contributed by atoms with Gasteiger partial charge in [0, 0.05) is 37.3 Å². The Morgan fingerprint density at radius 2 is 1.87 bits per heavy atom. The average molecular weight is 665 g/mol. The summed E-state index contributed by atoms with van der Waals surface area (Å²) in [7, 11) is 0. The maximum atomic E-state index is 14.9. The smallest absolute Gasteiger partial charge is 0.410 e. The van der Waals surface area contributed by atoms with Gasteiger partial charge in [-0.1, -0.05) is 24.3 Å². The molecular formula is C32H39F3N4O8. The van der Waals surface area contributed by atoms with E-state index in [0.717, 1.165) is 4.90 Å². The molecule has 1 saturated heterocycles. The number of carbonyl (C=O) groups excluding carboxylic acids is 4. The number of nitrogens with one attached hydrogen (secondary N) is 2. The van der Waals surface area contributed by atoms with Crippen molar-refractivity contribution in [1.29, 1.82) is 0 Å². The number of carboxylic acid groups (broad SMARTS) is 1. The van der Waals surface area contributed by atoms with Gasteiger partial charge in [0.2, 0.25) is 17.7 Å². The van der Waals surface area contributed by atoms with E-state index >= 15 is 0 Å². The molecule has 47 heavy (non-hydrogen) atoms. The minimum atomic E-state index is -3.23. The second-order valence-corrected chi connectivity index (χ2v) is 13.6. The van der Waals surface area contributed by atoms with E-state index in [2.05, 4.69) is 10.6 Å². The molecule has 5 rings (SSSR count). The fourth-order valence-electron chi connectivity index (χ4n) is 6.31. The van der Waals surface area contributed by atoms with Gasteiger partial charge in [0.25, 0.3) is 0 Å². The highest BCUT2D eigenvalue weighted by Crippen LogP contribution is 2.45. The molecule has 1 saturated carbocycles. The van der Waals surface area contributed by atoms with Gasteiger partial charge in [0.15, 0.2) is 0 Å². The first-order chi connectivity index (χ1) is 22.0. The third kappa shape index (κ3) is 7.65. The molecule has 0 unspecified atom stereocenters. The first-order valence-electron chi connectivity index (χ1n) is 15.6. The number of halogens is 3. The normalized spacial score (nSPS) is 29.7. The SMILES string of the molecule is CC(C)(C)OC(=O)N[C@H]1CCC(F)(F)CC/C=C\[C@H]2C[C@@]2(C(=O)O)NC(=O)[C@@H]2C[C@@H](OC(=O)N3Cc4cccc(F)c4C3)CN2C1=O. The maximum Gasteiger partial charge on any atom is 0.410 e. The van der Waals surface area contributed by atoms with Crippen molar-refractivity contribution in [2.75, 3.05) is 6.54 Å². The molecular weight excluding hydrogens is 625 g/mol. The number of carboxylic acids is 1. The van der Waals surface area contributed by atoms with Crippen molar-refractivity contribution >= 4 is 30.0 Å². The van der Waals surface area contributed by atoms with Crippen LogP contribution in [0.2, 0.25) is 0 Å². The zero-order chi connectivity index (χ0) is 34.3. The Morgan fingerprint density at radius 3 is 2.55 bits per heavy atom. The van der Waals surface area contributed by atoms with Crippen LogP contribution in [0.3, 0.4) is 0 Å². The molecule has 3 aliphatic heterocycles. The Labute approximate surface area is 269 Å².